The van der Waals surface area contributed by atoms with E-state index in [1.54, 1.807) is 4.57 Å². The SMILES string of the molecule is CC1CCc2cc(F)cc3[nH]c(=O)n1c23. The first kappa shape index (κ1) is 8.71. The van der Waals surface area contributed by atoms with E-state index in [1.807, 2.05) is 6.92 Å². The van der Waals surface area contributed by atoms with Crippen LogP contribution in [-0.2, 0) is 6.42 Å². The Morgan fingerprint density at radius 1 is 1.53 bits per heavy atom. The van der Waals surface area contributed by atoms with Crippen LogP contribution in [0.15, 0.2) is 16.9 Å². The summed E-state index contributed by atoms with van der Waals surface area (Å²) in [7, 11) is 0. The van der Waals surface area contributed by atoms with E-state index in [-0.39, 0.29) is 17.5 Å². The Balaban J connectivity index is 2.52. The second-order valence-electron chi connectivity index (χ2n) is 4.15. The molecule has 1 N–H and O–H groups in total. The molecule has 1 aliphatic rings. The minimum Gasteiger partial charge on any atom is -0.305 e. The molecular weight excluding hydrogens is 195 g/mol. The number of hydrogen-bond donors (Lipinski definition) is 1. The molecule has 1 atom stereocenters. The van der Waals surface area contributed by atoms with Gasteiger partial charge in [0.15, 0.2) is 0 Å². The molecule has 78 valence electrons. The van der Waals surface area contributed by atoms with Gasteiger partial charge < -0.3 is 4.98 Å². The highest BCUT2D eigenvalue weighted by Crippen LogP contribution is 2.29. The van der Waals surface area contributed by atoms with Crippen molar-refractivity contribution in [2.45, 2.75) is 25.8 Å². The van der Waals surface area contributed by atoms with Gasteiger partial charge >= 0.3 is 5.69 Å². The molecule has 3 rings (SSSR count). The number of nitrogens with one attached hydrogen (secondary N) is 1. The van der Waals surface area contributed by atoms with Crippen LogP contribution in [0.1, 0.15) is 24.9 Å². The normalized spacial score (nSPS) is 19.7. The molecule has 0 bridgehead atoms. The maximum Gasteiger partial charge on any atom is 0.326 e. The van der Waals surface area contributed by atoms with Gasteiger partial charge in [-0.05, 0) is 37.5 Å². The van der Waals surface area contributed by atoms with Crippen molar-refractivity contribution in [1.82, 2.24) is 9.55 Å². The van der Waals surface area contributed by atoms with Crippen molar-refractivity contribution in [2.24, 2.45) is 0 Å². The van der Waals surface area contributed by atoms with Crippen LogP contribution >= 0.6 is 0 Å². The molecule has 15 heavy (non-hydrogen) atoms. The van der Waals surface area contributed by atoms with Crippen LogP contribution in [0.5, 0.6) is 0 Å². The number of rotatable bonds is 0. The summed E-state index contributed by atoms with van der Waals surface area (Å²) < 4.78 is 14.9. The lowest BCUT2D eigenvalue weighted by Crippen LogP contribution is -2.23. The van der Waals surface area contributed by atoms with Crippen molar-refractivity contribution < 1.29 is 4.39 Å². The highest BCUT2D eigenvalue weighted by molar-refractivity contribution is 5.79. The third-order valence-electron chi connectivity index (χ3n) is 3.13. The first-order valence-corrected chi connectivity index (χ1v) is 5.09. The molecule has 4 heteroatoms. The predicted octanol–water partition coefficient (Wildman–Crippen LogP) is 1.98. The first-order chi connectivity index (χ1) is 7.16. The van der Waals surface area contributed by atoms with Crippen LogP contribution in [0.25, 0.3) is 11.0 Å². The number of nitrogens with zero attached hydrogens (tertiary/aromatic N) is 1. The fourth-order valence-corrected chi connectivity index (χ4v) is 2.42. The summed E-state index contributed by atoms with van der Waals surface area (Å²) in [6.45, 7) is 2.01. The Bertz CT molecular complexity index is 596. The monoisotopic (exact) mass is 206 g/mol. The average Bonchev–Trinajstić information content (AvgIpc) is 2.49. The quantitative estimate of drug-likeness (QED) is 0.703. The van der Waals surface area contributed by atoms with Crippen molar-refractivity contribution in [1.29, 1.82) is 0 Å². The molecule has 3 nitrogen and oxygen atoms in total. The van der Waals surface area contributed by atoms with Gasteiger partial charge in [0.1, 0.15) is 5.82 Å². The number of hydrogen-bond acceptors (Lipinski definition) is 1. The molecule has 0 saturated carbocycles. The molecule has 0 saturated heterocycles. The smallest absolute Gasteiger partial charge is 0.305 e. The summed E-state index contributed by atoms with van der Waals surface area (Å²) >= 11 is 0. The number of aryl methyl sites for hydroxylation is 1. The van der Waals surface area contributed by atoms with Gasteiger partial charge in [-0.1, -0.05) is 0 Å². The number of halogens is 1. The Morgan fingerprint density at radius 2 is 2.33 bits per heavy atom. The highest BCUT2D eigenvalue weighted by atomic mass is 19.1. The number of aromatic nitrogens is 2. The molecule has 0 radical (unpaired) electrons. The fraction of sp³-hybridized carbons (Fsp3) is 0.364. The summed E-state index contributed by atoms with van der Waals surface area (Å²) in [6, 6.07) is 3.11. The van der Waals surface area contributed by atoms with E-state index in [0.29, 0.717) is 5.52 Å². The van der Waals surface area contributed by atoms with Crippen molar-refractivity contribution >= 4 is 11.0 Å². The topological polar surface area (TPSA) is 37.8 Å². The highest BCUT2D eigenvalue weighted by Gasteiger charge is 2.21. The van der Waals surface area contributed by atoms with E-state index in [2.05, 4.69) is 4.98 Å². The first-order valence-electron chi connectivity index (χ1n) is 5.09. The van der Waals surface area contributed by atoms with Crippen molar-refractivity contribution in [3.8, 4) is 0 Å². The van der Waals surface area contributed by atoms with E-state index in [1.165, 1.54) is 12.1 Å². The minimum absolute atomic E-state index is 0.135. The average molecular weight is 206 g/mol. The van der Waals surface area contributed by atoms with Gasteiger partial charge in [0.2, 0.25) is 0 Å². The van der Waals surface area contributed by atoms with Crippen LogP contribution in [-0.4, -0.2) is 9.55 Å². The number of imidazole rings is 1. The van der Waals surface area contributed by atoms with E-state index >= 15 is 0 Å². The van der Waals surface area contributed by atoms with E-state index < -0.39 is 0 Å². The Kier molecular flexibility index (Phi) is 1.58. The van der Waals surface area contributed by atoms with Gasteiger partial charge in [-0.2, -0.15) is 0 Å². The zero-order valence-corrected chi connectivity index (χ0v) is 8.38. The lowest BCUT2D eigenvalue weighted by Gasteiger charge is -2.20. The molecule has 1 aliphatic heterocycles. The van der Waals surface area contributed by atoms with Gasteiger partial charge in [0.25, 0.3) is 0 Å². The molecule has 0 fully saturated rings. The largest absolute Gasteiger partial charge is 0.326 e. The van der Waals surface area contributed by atoms with Crippen LogP contribution in [0.3, 0.4) is 0 Å². The summed E-state index contributed by atoms with van der Waals surface area (Å²) in [5.74, 6) is -0.277. The molecule has 1 aromatic carbocycles. The zero-order valence-electron chi connectivity index (χ0n) is 8.38. The fourth-order valence-electron chi connectivity index (χ4n) is 2.42. The molecule has 2 aromatic rings. The van der Waals surface area contributed by atoms with E-state index in [0.717, 1.165) is 23.9 Å². The van der Waals surface area contributed by atoms with Crippen molar-refractivity contribution in [3.63, 3.8) is 0 Å². The Hall–Kier alpha value is -1.58. The number of benzene rings is 1. The maximum absolute atomic E-state index is 13.2. The van der Waals surface area contributed by atoms with Gasteiger partial charge in [0, 0.05) is 6.04 Å². The molecule has 0 amide bonds. The number of H-pyrrole nitrogens is 1. The lowest BCUT2D eigenvalue weighted by atomic mass is 10.00. The second-order valence-corrected chi connectivity index (χ2v) is 4.15. The maximum atomic E-state index is 13.2. The van der Waals surface area contributed by atoms with Gasteiger partial charge in [0.05, 0.1) is 11.0 Å². The molecule has 1 unspecified atom stereocenters. The molecule has 2 heterocycles. The lowest BCUT2D eigenvalue weighted by molar-refractivity contribution is 0.487. The Morgan fingerprint density at radius 3 is 3.13 bits per heavy atom. The predicted molar refractivity (Wildman–Crippen MR) is 55.5 cm³/mol. The van der Waals surface area contributed by atoms with Crippen molar-refractivity contribution in [3.05, 3.63) is 34.0 Å². The van der Waals surface area contributed by atoms with Crippen LogP contribution in [0, 0.1) is 5.82 Å². The van der Waals surface area contributed by atoms with Gasteiger partial charge in [-0.25, -0.2) is 9.18 Å². The standard InChI is InChI=1S/C11H11FN2O/c1-6-2-3-7-4-8(12)5-9-10(7)14(6)11(15)13-9/h4-6H,2-3H2,1H3,(H,13,15). The van der Waals surface area contributed by atoms with Gasteiger partial charge in [-0.15, -0.1) is 0 Å². The third kappa shape index (κ3) is 1.07. The molecule has 1 aromatic heterocycles. The summed E-state index contributed by atoms with van der Waals surface area (Å²) in [4.78, 5) is 14.4. The van der Waals surface area contributed by atoms with Crippen LogP contribution in [0.4, 0.5) is 4.39 Å². The zero-order chi connectivity index (χ0) is 10.6. The molecule has 0 aliphatic carbocycles. The minimum atomic E-state index is -0.277. The number of aromatic amines is 1. The van der Waals surface area contributed by atoms with Gasteiger partial charge in [-0.3, -0.25) is 4.57 Å². The van der Waals surface area contributed by atoms with Crippen LogP contribution in [0.2, 0.25) is 0 Å². The van der Waals surface area contributed by atoms with E-state index in [9.17, 15) is 9.18 Å². The summed E-state index contributed by atoms with van der Waals surface area (Å²) in [5.41, 5.74) is 2.28. The summed E-state index contributed by atoms with van der Waals surface area (Å²) in [6.07, 6.45) is 1.73. The summed E-state index contributed by atoms with van der Waals surface area (Å²) in [5, 5.41) is 0. The third-order valence-corrected chi connectivity index (χ3v) is 3.13. The van der Waals surface area contributed by atoms with Crippen LogP contribution < -0.4 is 5.69 Å². The molecular formula is C11H11FN2O. The molecule has 0 spiro atoms. The second kappa shape index (κ2) is 2.72. The van der Waals surface area contributed by atoms with E-state index in [4.69, 9.17) is 0 Å². The Labute approximate surface area is 85.5 Å². The van der Waals surface area contributed by atoms with Crippen molar-refractivity contribution in [2.75, 3.05) is 0 Å².